The molecule has 0 aliphatic heterocycles. The van der Waals surface area contributed by atoms with Crippen LogP contribution in [0.2, 0.25) is 0 Å². The van der Waals surface area contributed by atoms with Gasteiger partial charge in [-0.3, -0.25) is 9.11 Å². The standard InChI is InChI=1S/Mn.H2O3S/c;1-4(2)3/h;(H2,1,2,3). The smallest absolute Gasteiger partial charge is 0.284 e. The summed E-state index contributed by atoms with van der Waals surface area (Å²) in [5.74, 6) is 0. The molecule has 0 bridgehead atoms. The molecule has 0 aliphatic rings. The van der Waals surface area contributed by atoms with Gasteiger partial charge in [0.2, 0.25) is 0 Å². The first kappa shape index (κ1) is 9.14. The molecule has 3 nitrogen and oxygen atoms in total. The second-order valence-electron chi connectivity index (χ2n) is 0.231. The topological polar surface area (TPSA) is 57.5 Å². The van der Waals surface area contributed by atoms with Crippen molar-refractivity contribution < 1.29 is 30.4 Å². The molecule has 0 aromatic rings. The minimum Gasteiger partial charge on any atom is -0.284 e. The fraction of sp³-hybridized carbons (Fsp3) is 0. The summed E-state index contributed by atoms with van der Waals surface area (Å²) in [4.78, 5) is 0. The van der Waals surface area contributed by atoms with Gasteiger partial charge in [-0.1, -0.05) is 0 Å². The average Bonchev–Trinajstić information content (AvgIpc) is 0.811. The Morgan fingerprint density at radius 1 is 1.40 bits per heavy atom. The third-order valence-corrected chi connectivity index (χ3v) is 0. The maximum atomic E-state index is 8.67. The van der Waals surface area contributed by atoms with Crippen LogP contribution < -0.4 is 0 Å². The molecule has 0 aliphatic carbocycles. The van der Waals surface area contributed by atoms with Crippen molar-refractivity contribution in [3.63, 3.8) is 0 Å². The third-order valence-electron chi connectivity index (χ3n) is 0. The van der Waals surface area contributed by atoms with E-state index >= 15 is 0 Å². The van der Waals surface area contributed by atoms with Crippen molar-refractivity contribution >= 4 is 11.4 Å². The van der Waals surface area contributed by atoms with Crippen LogP contribution in [0.25, 0.3) is 0 Å². The molecule has 0 saturated heterocycles. The minimum atomic E-state index is -2.61. The predicted molar refractivity (Wildman–Crippen MR) is 13.4 cm³/mol. The summed E-state index contributed by atoms with van der Waals surface area (Å²) in [7, 11) is 0. The van der Waals surface area contributed by atoms with Gasteiger partial charge in [0.05, 0.1) is 0 Å². The van der Waals surface area contributed by atoms with Crippen molar-refractivity contribution in [2.24, 2.45) is 0 Å². The molecule has 1 radical (unpaired) electrons. The van der Waals surface area contributed by atoms with Crippen LogP contribution in [0, 0.1) is 0 Å². The molecule has 0 amide bonds. The van der Waals surface area contributed by atoms with Crippen LogP contribution in [0.5, 0.6) is 0 Å². The molecule has 0 rings (SSSR count). The minimum absolute atomic E-state index is 0. The molecule has 0 heterocycles. The zero-order valence-electron chi connectivity index (χ0n) is 2.09. The molecule has 33 valence electrons. The Morgan fingerprint density at radius 3 is 1.40 bits per heavy atom. The second kappa shape index (κ2) is 4.59. The fourth-order valence-corrected chi connectivity index (χ4v) is 0. The molecule has 0 atom stereocenters. The second-order valence-corrected chi connectivity index (χ2v) is 0.692. The van der Waals surface area contributed by atoms with Gasteiger partial charge in [-0.05, 0) is 0 Å². The average molecular weight is 137 g/mol. The van der Waals surface area contributed by atoms with Crippen molar-refractivity contribution in [1.29, 1.82) is 0 Å². The van der Waals surface area contributed by atoms with Gasteiger partial charge in [-0.15, -0.1) is 0 Å². The van der Waals surface area contributed by atoms with Crippen LogP contribution in [0.1, 0.15) is 0 Å². The van der Waals surface area contributed by atoms with Crippen LogP contribution in [-0.2, 0) is 28.4 Å². The van der Waals surface area contributed by atoms with Gasteiger partial charge in [0.25, 0.3) is 11.4 Å². The van der Waals surface area contributed by atoms with Gasteiger partial charge in [0.15, 0.2) is 0 Å². The number of hydrogen-bond donors (Lipinski definition) is 2. The van der Waals surface area contributed by atoms with E-state index in [4.69, 9.17) is 13.3 Å². The van der Waals surface area contributed by atoms with Gasteiger partial charge in [0.1, 0.15) is 0 Å². The van der Waals surface area contributed by atoms with E-state index in [9.17, 15) is 0 Å². The van der Waals surface area contributed by atoms with Gasteiger partial charge >= 0.3 is 0 Å². The summed E-state index contributed by atoms with van der Waals surface area (Å²) in [5, 5.41) is 0. The first-order valence-corrected chi connectivity index (χ1v) is 1.60. The van der Waals surface area contributed by atoms with Gasteiger partial charge < -0.3 is 0 Å². The van der Waals surface area contributed by atoms with E-state index < -0.39 is 11.4 Å². The monoisotopic (exact) mass is 137 g/mol. The molecule has 5 heavy (non-hydrogen) atoms. The Labute approximate surface area is 42.4 Å². The zero-order valence-corrected chi connectivity index (χ0v) is 4.09. The van der Waals surface area contributed by atoms with Crippen LogP contribution in [0.15, 0.2) is 0 Å². The van der Waals surface area contributed by atoms with E-state index in [0.29, 0.717) is 0 Å². The van der Waals surface area contributed by atoms with Gasteiger partial charge in [-0.2, -0.15) is 4.21 Å². The molecule has 0 fully saturated rings. The molecule has 0 aromatic heterocycles. The summed E-state index contributed by atoms with van der Waals surface area (Å²) in [6, 6.07) is 0. The van der Waals surface area contributed by atoms with Crippen LogP contribution in [0.3, 0.4) is 0 Å². The zero-order chi connectivity index (χ0) is 3.58. The SMILES string of the molecule is O=S(O)O.[Mn]. The predicted octanol–water partition coefficient (Wildman–Crippen LogP) is -0.321. The molecular weight excluding hydrogens is 135 g/mol. The van der Waals surface area contributed by atoms with E-state index in [1.54, 1.807) is 0 Å². The van der Waals surface area contributed by atoms with E-state index in [1.165, 1.54) is 0 Å². The summed E-state index contributed by atoms with van der Waals surface area (Å²) in [5.41, 5.74) is 0. The fourth-order valence-electron chi connectivity index (χ4n) is 0. The molecule has 5 heteroatoms. The quantitative estimate of drug-likeness (QED) is 0.355. The van der Waals surface area contributed by atoms with Gasteiger partial charge in [-0.25, -0.2) is 0 Å². The first-order chi connectivity index (χ1) is 1.73. The van der Waals surface area contributed by atoms with Crippen LogP contribution >= 0.6 is 0 Å². The normalized spacial score (nSPS) is 7.00. The van der Waals surface area contributed by atoms with Gasteiger partial charge in [0, 0.05) is 17.1 Å². The van der Waals surface area contributed by atoms with Crippen molar-refractivity contribution in [2.45, 2.75) is 0 Å². The molecular formula is H2MnO3S. The number of hydrogen-bond acceptors (Lipinski definition) is 1. The van der Waals surface area contributed by atoms with E-state index in [-0.39, 0.29) is 17.1 Å². The Kier molecular flexibility index (Phi) is 8.39. The van der Waals surface area contributed by atoms with E-state index in [1.807, 2.05) is 0 Å². The van der Waals surface area contributed by atoms with Crippen molar-refractivity contribution in [3.8, 4) is 0 Å². The molecule has 0 unspecified atom stereocenters. The Balaban J connectivity index is 0. The largest absolute Gasteiger partial charge is 0.299 e. The first-order valence-electron chi connectivity index (χ1n) is 0.532. The summed E-state index contributed by atoms with van der Waals surface area (Å²) < 4.78 is 22.8. The third kappa shape index (κ3) is 88.6. The summed E-state index contributed by atoms with van der Waals surface area (Å²) >= 11 is -2.61. The Bertz CT molecular complexity index is 29.9. The Morgan fingerprint density at radius 2 is 1.40 bits per heavy atom. The van der Waals surface area contributed by atoms with Crippen molar-refractivity contribution in [2.75, 3.05) is 0 Å². The molecule has 0 aromatic carbocycles. The van der Waals surface area contributed by atoms with Crippen LogP contribution in [0.4, 0.5) is 0 Å². The van der Waals surface area contributed by atoms with E-state index in [0.717, 1.165) is 0 Å². The number of rotatable bonds is 0. The van der Waals surface area contributed by atoms with Crippen LogP contribution in [-0.4, -0.2) is 13.3 Å². The maximum absolute atomic E-state index is 8.67. The molecule has 0 spiro atoms. The van der Waals surface area contributed by atoms with Crippen molar-refractivity contribution in [3.05, 3.63) is 0 Å². The summed E-state index contributed by atoms with van der Waals surface area (Å²) in [6.07, 6.45) is 0. The molecule has 0 saturated carbocycles. The van der Waals surface area contributed by atoms with Crippen molar-refractivity contribution in [1.82, 2.24) is 0 Å². The molecule has 2 N–H and O–H groups in total. The van der Waals surface area contributed by atoms with E-state index in [2.05, 4.69) is 0 Å². The Hall–Kier alpha value is 0.589. The maximum Gasteiger partial charge on any atom is 0.299 e. The summed E-state index contributed by atoms with van der Waals surface area (Å²) in [6.45, 7) is 0.